The topological polar surface area (TPSA) is 15.3 Å². The molecule has 2 aliphatic rings. The van der Waals surface area contributed by atoms with Gasteiger partial charge in [-0.25, -0.2) is 0 Å². The highest BCUT2D eigenvalue weighted by Crippen LogP contribution is 2.39. The Morgan fingerprint density at radius 2 is 1.93 bits per heavy atom. The summed E-state index contributed by atoms with van der Waals surface area (Å²) in [4.78, 5) is 2.71. The molecule has 0 bridgehead atoms. The van der Waals surface area contributed by atoms with Crippen LogP contribution in [0.2, 0.25) is 0 Å². The van der Waals surface area contributed by atoms with Gasteiger partial charge >= 0.3 is 0 Å². The van der Waals surface area contributed by atoms with E-state index in [4.69, 9.17) is 0 Å². The van der Waals surface area contributed by atoms with Gasteiger partial charge in [-0.05, 0) is 44.6 Å². The lowest BCUT2D eigenvalue weighted by Gasteiger charge is -2.55. The Bertz CT molecular complexity index is 203. The fraction of sp³-hybridized carbons (Fsp3) is 1.00. The molecule has 0 aromatic heterocycles. The van der Waals surface area contributed by atoms with Crippen LogP contribution < -0.4 is 5.32 Å². The van der Waals surface area contributed by atoms with E-state index in [0.717, 1.165) is 6.04 Å². The summed E-state index contributed by atoms with van der Waals surface area (Å²) in [7, 11) is 0. The summed E-state index contributed by atoms with van der Waals surface area (Å²) >= 11 is 0. The first-order chi connectivity index (χ1) is 7.21. The zero-order valence-electron chi connectivity index (χ0n) is 10.6. The number of hydrogen-bond donors (Lipinski definition) is 1. The number of likely N-dealkylation sites (tertiary alicyclic amines) is 1. The summed E-state index contributed by atoms with van der Waals surface area (Å²) in [6.45, 7) is 11.0. The van der Waals surface area contributed by atoms with Gasteiger partial charge in [-0.2, -0.15) is 0 Å². The first-order valence-corrected chi connectivity index (χ1v) is 6.68. The van der Waals surface area contributed by atoms with Gasteiger partial charge in [0.15, 0.2) is 0 Å². The number of rotatable bonds is 3. The molecule has 88 valence electrons. The smallest absolute Gasteiger partial charge is 0.0247 e. The van der Waals surface area contributed by atoms with Crippen molar-refractivity contribution >= 4 is 0 Å². The lowest BCUT2D eigenvalue weighted by Crippen LogP contribution is -2.64. The van der Waals surface area contributed by atoms with Crippen molar-refractivity contribution in [2.45, 2.75) is 58.5 Å². The third-order valence-corrected chi connectivity index (χ3v) is 4.77. The predicted molar refractivity (Wildman–Crippen MR) is 65.1 cm³/mol. The molecule has 2 rings (SSSR count). The molecule has 0 saturated carbocycles. The summed E-state index contributed by atoms with van der Waals surface area (Å²) in [5.74, 6) is 0. The Hall–Kier alpha value is -0.0800. The average Bonchev–Trinajstić information content (AvgIpc) is 2.20. The monoisotopic (exact) mass is 210 g/mol. The van der Waals surface area contributed by atoms with Crippen LogP contribution in [0.25, 0.3) is 0 Å². The van der Waals surface area contributed by atoms with Gasteiger partial charge in [-0.1, -0.05) is 13.8 Å². The molecule has 2 nitrogen and oxygen atoms in total. The van der Waals surface area contributed by atoms with Crippen LogP contribution in [0.5, 0.6) is 0 Å². The van der Waals surface area contributed by atoms with Gasteiger partial charge < -0.3 is 5.32 Å². The van der Waals surface area contributed by atoms with E-state index in [0.29, 0.717) is 11.5 Å². The Morgan fingerprint density at radius 3 is 2.47 bits per heavy atom. The molecule has 2 saturated heterocycles. The molecule has 1 N–H and O–H groups in total. The Kier molecular flexibility index (Phi) is 3.36. The zero-order chi connectivity index (χ0) is 10.9. The SMILES string of the molecule is CCC1(CC)CN(C2CCCNC2C)C1. The van der Waals surface area contributed by atoms with Crippen molar-refractivity contribution in [1.82, 2.24) is 10.2 Å². The first-order valence-electron chi connectivity index (χ1n) is 6.68. The summed E-state index contributed by atoms with van der Waals surface area (Å²) in [6.07, 6.45) is 5.47. The number of nitrogens with zero attached hydrogens (tertiary/aromatic N) is 1. The van der Waals surface area contributed by atoms with Crippen molar-refractivity contribution in [2.75, 3.05) is 19.6 Å². The molecule has 15 heavy (non-hydrogen) atoms. The molecular weight excluding hydrogens is 184 g/mol. The number of hydrogen-bond acceptors (Lipinski definition) is 2. The van der Waals surface area contributed by atoms with Gasteiger partial charge in [-0.15, -0.1) is 0 Å². The van der Waals surface area contributed by atoms with Gasteiger partial charge in [0.05, 0.1) is 0 Å². The lowest BCUT2D eigenvalue weighted by atomic mass is 9.73. The molecule has 0 aromatic carbocycles. The van der Waals surface area contributed by atoms with Crippen LogP contribution in [0, 0.1) is 5.41 Å². The van der Waals surface area contributed by atoms with E-state index in [2.05, 4.69) is 31.0 Å². The highest BCUT2D eigenvalue weighted by Gasteiger charge is 2.44. The molecule has 0 spiro atoms. The number of piperidine rings is 1. The van der Waals surface area contributed by atoms with E-state index in [1.54, 1.807) is 0 Å². The van der Waals surface area contributed by atoms with Gasteiger partial charge in [0, 0.05) is 25.2 Å². The van der Waals surface area contributed by atoms with E-state index in [9.17, 15) is 0 Å². The van der Waals surface area contributed by atoms with Gasteiger partial charge in [0.25, 0.3) is 0 Å². The molecule has 0 aliphatic carbocycles. The van der Waals surface area contributed by atoms with Gasteiger partial charge in [0.1, 0.15) is 0 Å². The maximum atomic E-state index is 3.60. The molecule has 0 radical (unpaired) electrons. The Morgan fingerprint density at radius 1 is 1.27 bits per heavy atom. The molecule has 2 heteroatoms. The average molecular weight is 210 g/mol. The van der Waals surface area contributed by atoms with Crippen LogP contribution in [-0.2, 0) is 0 Å². The second-order valence-corrected chi connectivity index (χ2v) is 5.56. The second kappa shape index (κ2) is 4.42. The number of nitrogens with one attached hydrogen (secondary N) is 1. The maximum absolute atomic E-state index is 3.60. The van der Waals surface area contributed by atoms with Crippen molar-refractivity contribution in [3.05, 3.63) is 0 Å². The van der Waals surface area contributed by atoms with Crippen LogP contribution >= 0.6 is 0 Å². The lowest BCUT2D eigenvalue weighted by molar-refractivity contribution is -0.0523. The minimum Gasteiger partial charge on any atom is -0.313 e. The zero-order valence-corrected chi connectivity index (χ0v) is 10.6. The van der Waals surface area contributed by atoms with Gasteiger partial charge in [0.2, 0.25) is 0 Å². The van der Waals surface area contributed by atoms with Crippen LogP contribution in [0.4, 0.5) is 0 Å². The summed E-state index contributed by atoms with van der Waals surface area (Å²) in [5.41, 5.74) is 0.664. The van der Waals surface area contributed by atoms with Crippen LogP contribution in [0.3, 0.4) is 0 Å². The van der Waals surface area contributed by atoms with Crippen LogP contribution in [0.15, 0.2) is 0 Å². The van der Waals surface area contributed by atoms with Crippen molar-refractivity contribution < 1.29 is 0 Å². The van der Waals surface area contributed by atoms with Crippen molar-refractivity contribution in [2.24, 2.45) is 5.41 Å². The third-order valence-electron chi connectivity index (χ3n) is 4.77. The fourth-order valence-electron chi connectivity index (χ4n) is 3.27. The second-order valence-electron chi connectivity index (χ2n) is 5.56. The van der Waals surface area contributed by atoms with Crippen molar-refractivity contribution in [3.8, 4) is 0 Å². The van der Waals surface area contributed by atoms with E-state index >= 15 is 0 Å². The van der Waals surface area contributed by atoms with Crippen molar-refractivity contribution in [3.63, 3.8) is 0 Å². The van der Waals surface area contributed by atoms with E-state index in [1.165, 1.54) is 45.3 Å². The van der Waals surface area contributed by atoms with E-state index in [-0.39, 0.29) is 0 Å². The van der Waals surface area contributed by atoms with E-state index in [1.807, 2.05) is 0 Å². The maximum Gasteiger partial charge on any atom is 0.0247 e. The highest BCUT2D eigenvalue weighted by molar-refractivity contribution is 4.99. The highest BCUT2D eigenvalue weighted by atomic mass is 15.3. The van der Waals surface area contributed by atoms with Crippen LogP contribution in [-0.4, -0.2) is 36.6 Å². The molecule has 2 aliphatic heterocycles. The largest absolute Gasteiger partial charge is 0.313 e. The molecule has 2 heterocycles. The predicted octanol–water partition coefficient (Wildman–Crippen LogP) is 2.25. The summed E-state index contributed by atoms with van der Waals surface area (Å²) < 4.78 is 0. The minimum atomic E-state index is 0.664. The fourth-order valence-corrected chi connectivity index (χ4v) is 3.27. The molecule has 0 amide bonds. The van der Waals surface area contributed by atoms with E-state index < -0.39 is 0 Å². The first kappa shape index (κ1) is 11.4. The summed E-state index contributed by atoms with van der Waals surface area (Å²) in [5, 5.41) is 3.60. The standard InChI is InChI=1S/C13H26N2/c1-4-13(5-2)9-15(10-13)12-7-6-8-14-11(12)3/h11-12,14H,4-10H2,1-3H3. The molecule has 2 fully saturated rings. The quantitative estimate of drug-likeness (QED) is 0.768. The Labute approximate surface area is 94.4 Å². The molecule has 0 aromatic rings. The molecule has 2 atom stereocenters. The molecular formula is C13H26N2. The van der Waals surface area contributed by atoms with Crippen LogP contribution in [0.1, 0.15) is 46.5 Å². The molecule has 2 unspecified atom stereocenters. The van der Waals surface area contributed by atoms with Crippen molar-refractivity contribution in [1.29, 1.82) is 0 Å². The minimum absolute atomic E-state index is 0.664. The van der Waals surface area contributed by atoms with Gasteiger partial charge in [-0.3, -0.25) is 4.90 Å². The Balaban J connectivity index is 1.87. The summed E-state index contributed by atoms with van der Waals surface area (Å²) in [6, 6.07) is 1.51. The third kappa shape index (κ3) is 2.07. The normalized spacial score (nSPS) is 36.2.